The van der Waals surface area contributed by atoms with Crippen LogP contribution >= 0.6 is 0 Å². The van der Waals surface area contributed by atoms with Crippen molar-refractivity contribution in [3.8, 4) is 0 Å². The van der Waals surface area contributed by atoms with Gasteiger partial charge in [0, 0.05) is 0 Å². The first-order valence-corrected chi connectivity index (χ1v) is 7.07. The molecule has 3 saturated carbocycles. The summed E-state index contributed by atoms with van der Waals surface area (Å²) in [6, 6.07) is 0. The van der Waals surface area contributed by atoms with Crippen molar-refractivity contribution in [1.29, 1.82) is 0 Å². The van der Waals surface area contributed by atoms with Crippen LogP contribution in [0.5, 0.6) is 0 Å². The Hall–Kier alpha value is 0.552. The van der Waals surface area contributed by atoms with Crippen LogP contribution in [0, 0.1) is 22.2 Å². The van der Waals surface area contributed by atoms with Gasteiger partial charge in [0.1, 0.15) is 0 Å². The van der Waals surface area contributed by atoms with Crippen LogP contribution in [0.25, 0.3) is 0 Å². The SMILES string of the molecule is CC1(C)C2(C=O)CC[C@@]1(C)[C@@H]2C[O][Tl]. The van der Waals surface area contributed by atoms with Crippen LogP contribution in [0.15, 0.2) is 0 Å². The van der Waals surface area contributed by atoms with Crippen molar-refractivity contribution in [1.82, 2.24) is 0 Å². The molecule has 0 radical (unpaired) electrons. The molecule has 0 saturated heterocycles. The van der Waals surface area contributed by atoms with Gasteiger partial charge in [-0.3, -0.25) is 0 Å². The van der Waals surface area contributed by atoms with E-state index < -0.39 is 0 Å². The normalized spacial score (nSPS) is 48.6. The van der Waals surface area contributed by atoms with Crippen LogP contribution in [0.2, 0.25) is 0 Å². The predicted octanol–water partition coefficient (Wildman–Crippen LogP) is 1.73. The molecule has 3 aliphatic rings. The second-order valence-electron chi connectivity index (χ2n) is 5.59. The van der Waals surface area contributed by atoms with E-state index >= 15 is 0 Å². The van der Waals surface area contributed by atoms with E-state index in [2.05, 4.69) is 20.8 Å². The van der Waals surface area contributed by atoms with Crippen molar-refractivity contribution >= 4 is 32.5 Å². The van der Waals surface area contributed by atoms with E-state index in [0.29, 0.717) is 37.6 Å². The summed E-state index contributed by atoms with van der Waals surface area (Å²) in [7, 11) is 0. The average Bonchev–Trinajstić information content (AvgIpc) is 2.55. The Morgan fingerprint density at radius 2 is 2.07 bits per heavy atom. The third-order valence-electron chi connectivity index (χ3n) is 5.51. The number of hydrogen-bond donors (Lipinski definition) is 0. The van der Waals surface area contributed by atoms with Crippen molar-refractivity contribution in [2.75, 3.05) is 6.61 Å². The van der Waals surface area contributed by atoms with Gasteiger partial charge in [0.15, 0.2) is 0 Å². The Morgan fingerprint density at radius 1 is 1.43 bits per heavy atom. The van der Waals surface area contributed by atoms with Gasteiger partial charge in [0.25, 0.3) is 0 Å². The van der Waals surface area contributed by atoms with E-state index in [1.165, 1.54) is 12.7 Å². The summed E-state index contributed by atoms with van der Waals surface area (Å²) in [4.78, 5) is 11.4. The Morgan fingerprint density at radius 3 is 2.50 bits per heavy atom. The zero-order chi connectivity index (χ0) is 10.6. The quantitative estimate of drug-likeness (QED) is 0.546. The molecule has 0 aliphatic heterocycles. The van der Waals surface area contributed by atoms with Crippen LogP contribution in [0.3, 0.4) is 0 Å². The van der Waals surface area contributed by atoms with Crippen molar-refractivity contribution in [3.05, 3.63) is 0 Å². The van der Waals surface area contributed by atoms with Gasteiger partial charge in [-0.2, -0.15) is 0 Å². The van der Waals surface area contributed by atoms with Gasteiger partial charge in [-0.15, -0.1) is 0 Å². The van der Waals surface area contributed by atoms with E-state index in [4.69, 9.17) is 2.69 Å². The molecule has 1 unspecified atom stereocenters. The summed E-state index contributed by atoms with van der Waals surface area (Å²) in [5.74, 6) is 0.479. The number of aldehydes is 1. The topological polar surface area (TPSA) is 26.3 Å². The number of rotatable bonds is 3. The summed E-state index contributed by atoms with van der Waals surface area (Å²) in [6.07, 6.45) is 3.48. The third kappa shape index (κ3) is 0.883. The summed E-state index contributed by atoms with van der Waals surface area (Å²) >= 11 is 0.593. The van der Waals surface area contributed by atoms with Gasteiger partial charge in [-0.05, 0) is 0 Å². The summed E-state index contributed by atoms with van der Waals surface area (Å²) < 4.78 is 5.42. The molecule has 0 heterocycles. The first-order valence-electron chi connectivity index (χ1n) is 5.24. The molecule has 76 valence electrons. The van der Waals surface area contributed by atoms with Crippen LogP contribution in [0.4, 0.5) is 0 Å². The molecule has 14 heavy (non-hydrogen) atoms. The molecular weight excluding hydrogens is 369 g/mol. The molecule has 2 bridgehead atoms. The van der Waals surface area contributed by atoms with E-state index in [1.807, 2.05) is 0 Å². The van der Waals surface area contributed by atoms with Crippen molar-refractivity contribution in [3.63, 3.8) is 0 Å². The zero-order valence-electron chi connectivity index (χ0n) is 9.17. The molecular formula is C11H17O2Tl. The number of hydrogen-bond acceptors (Lipinski definition) is 2. The van der Waals surface area contributed by atoms with E-state index in [-0.39, 0.29) is 10.8 Å². The molecule has 2 nitrogen and oxygen atoms in total. The molecule has 0 aromatic heterocycles. The number of carbonyl (C=O) groups excluding carboxylic acids is 1. The van der Waals surface area contributed by atoms with E-state index in [1.54, 1.807) is 0 Å². The van der Waals surface area contributed by atoms with Crippen LogP contribution in [-0.4, -0.2) is 39.1 Å². The first-order chi connectivity index (χ1) is 6.46. The first kappa shape index (κ1) is 11.0. The Kier molecular flexibility index (Phi) is 2.39. The fourth-order valence-corrected chi connectivity index (χ4v) is 4.80. The average molecular weight is 386 g/mol. The van der Waals surface area contributed by atoms with Crippen LogP contribution in [-0.2, 0) is 7.48 Å². The zero-order valence-corrected chi connectivity index (χ0v) is 13.7. The van der Waals surface area contributed by atoms with Gasteiger partial charge in [0.2, 0.25) is 0 Å². The minimum absolute atomic E-state index is 0.0728. The summed E-state index contributed by atoms with van der Waals surface area (Å²) in [5, 5.41) is 0. The minimum atomic E-state index is -0.0728. The fraction of sp³-hybridized carbons (Fsp3) is 0.909. The van der Waals surface area contributed by atoms with E-state index in [0.717, 1.165) is 13.0 Å². The molecule has 3 atom stereocenters. The maximum atomic E-state index is 11.4. The molecule has 0 N–H and O–H groups in total. The van der Waals surface area contributed by atoms with Crippen LogP contribution < -0.4 is 0 Å². The second-order valence-corrected chi connectivity index (χ2v) is 6.88. The maximum absolute atomic E-state index is 11.4. The summed E-state index contributed by atoms with van der Waals surface area (Å²) in [6.45, 7) is 7.64. The Labute approximate surface area is 102 Å². The third-order valence-corrected chi connectivity index (χ3v) is 6.26. The molecule has 3 heteroatoms. The molecule has 0 aromatic carbocycles. The van der Waals surface area contributed by atoms with Crippen molar-refractivity contribution < 1.29 is 7.48 Å². The van der Waals surface area contributed by atoms with Crippen LogP contribution in [0.1, 0.15) is 33.6 Å². The molecule has 0 amide bonds. The van der Waals surface area contributed by atoms with Gasteiger partial charge in [0.05, 0.1) is 0 Å². The van der Waals surface area contributed by atoms with Gasteiger partial charge >= 0.3 is 102 Å². The van der Waals surface area contributed by atoms with Gasteiger partial charge in [-0.1, -0.05) is 0 Å². The molecule has 3 aliphatic carbocycles. The van der Waals surface area contributed by atoms with E-state index in [9.17, 15) is 4.79 Å². The fourth-order valence-electron chi connectivity index (χ4n) is 4.05. The molecule has 0 aromatic rings. The van der Waals surface area contributed by atoms with Crippen molar-refractivity contribution in [2.24, 2.45) is 22.2 Å². The second kappa shape index (κ2) is 3.03. The molecule has 3 rings (SSSR count). The van der Waals surface area contributed by atoms with Gasteiger partial charge < -0.3 is 0 Å². The van der Waals surface area contributed by atoms with Gasteiger partial charge in [-0.25, -0.2) is 0 Å². The standard InChI is InChI=1S/C11H17O2.Tl/c1-9(2)10(3)4-5-11(9,7-13)8(10)6-12;/h7-8H,4-6H2,1-3H3;/q-1;+1/t8-,10-,11?;/m0./s1. The summed E-state index contributed by atoms with van der Waals surface area (Å²) in [5.41, 5.74) is 0.440. The monoisotopic (exact) mass is 386 g/mol. The number of carbonyl (C=O) groups is 1. The number of fused-ring (bicyclic) bond motifs is 1. The predicted molar refractivity (Wildman–Crippen MR) is 54.8 cm³/mol. The Balaban J connectivity index is 2.36. The molecule has 3 fully saturated rings. The Bertz CT molecular complexity index is 276. The molecule has 0 spiro atoms. The van der Waals surface area contributed by atoms with Crippen molar-refractivity contribution in [2.45, 2.75) is 33.6 Å².